The van der Waals surface area contributed by atoms with Gasteiger partial charge in [0.2, 0.25) is 0 Å². The number of nitrogens with zero attached hydrogens (tertiary/aromatic N) is 2. The fraction of sp³-hybridized carbons (Fsp3) is 0.500. The smallest absolute Gasteiger partial charge is 0.337 e. The Labute approximate surface area is 125 Å². The van der Waals surface area contributed by atoms with Gasteiger partial charge in [-0.25, -0.2) is 9.78 Å². The van der Waals surface area contributed by atoms with Crippen LogP contribution in [0.25, 0.3) is 11.0 Å². The Kier molecular flexibility index (Phi) is 5.33. The van der Waals surface area contributed by atoms with Gasteiger partial charge in [0.1, 0.15) is 5.82 Å². The van der Waals surface area contributed by atoms with Crippen molar-refractivity contribution in [2.75, 3.05) is 13.7 Å². The summed E-state index contributed by atoms with van der Waals surface area (Å²) in [5, 5.41) is 0. The molecule has 0 bridgehead atoms. The molecule has 0 radical (unpaired) electrons. The number of ether oxygens (including phenoxy) is 1. The predicted molar refractivity (Wildman–Crippen MR) is 83.4 cm³/mol. The Morgan fingerprint density at radius 2 is 2.19 bits per heavy atom. The molecule has 1 aromatic heterocycles. The quantitative estimate of drug-likeness (QED) is 0.628. The summed E-state index contributed by atoms with van der Waals surface area (Å²) >= 11 is 0. The van der Waals surface area contributed by atoms with Crippen molar-refractivity contribution < 1.29 is 9.53 Å². The number of benzene rings is 1. The van der Waals surface area contributed by atoms with Crippen LogP contribution in [-0.4, -0.2) is 29.2 Å². The first-order valence-corrected chi connectivity index (χ1v) is 7.48. The highest BCUT2D eigenvalue weighted by molar-refractivity contribution is 5.93. The molecule has 0 aliphatic carbocycles. The summed E-state index contributed by atoms with van der Waals surface area (Å²) in [6.07, 6.45) is 3.98. The van der Waals surface area contributed by atoms with Crippen LogP contribution in [-0.2, 0) is 17.7 Å². The number of aryl methyl sites for hydroxylation is 2. The van der Waals surface area contributed by atoms with Gasteiger partial charge in [-0.05, 0) is 44.0 Å². The molecule has 21 heavy (non-hydrogen) atoms. The molecule has 2 rings (SSSR count). The van der Waals surface area contributed by atoms with Crippen molar-refractivity contribution in [2.45, 2.75) is 39.2 Å². The number of carbonyl (C=O) groups is 1. The Morgan fingerprint density at radius 1 is 1.38 bits per heavy atom. The second-order valence-corrected chi connectivity index (χ2v) is 5.12. The van der Waals surface area contributed by atoms with Crippen LogP contribution in [0.1, 0.15) is 42.4 Å². The monoisotopic (exact) mass is 289 g/mol. The zero-order chi connectivity index (χ0) is 15.2. The summed E-state index contributed by atoms with van der Waals surface area (Å²) in [4.78, 5) is 16.4. The van der Waals surface area contributed by atoms with Crippen molar-refractivity contribution in [3.8, 4) is 0 Å². The topological polar surface area (TPSA) is 70.1 Å². The van der Waals surface area contributed by atoms with E-state index in [0.29, 0.717) is 12.1 Å². The van der Waals surface area contributed by atoms with Crippen molar-refractivity contribution >= 4 is 17.0 Å². The molecule has 0 saturated heterocycles. The highest BCUT2D eigenvalue weighted by atomic mass is 16.5. The average molecular weight is 289 g/mol. The first kappa shape index (κ1) is 15.5. The summed E-state index contributed by atoms with van der Waals surface area (Å²) in [5.74, 6) is 0.758. The fourth-order valence-electron chi connectivity index (χ4n) is 2.51. The Hall–Kier alpha value is -1.88. The molecule has 2 aromatic rings. The lowest BCUT2D eigenvalue weighted by Crippen LogP contribution is -2.06. The van der Waals surface area contributed by atoms with Crippen LogP contribution in [0.2, 0.25) is 0 Å². The van der Waals surface area contributed by atoms with Crippen molar-refractivity contribution in [3.63, 3.8) is 0 Å². The maximum absolute atomic E-state index is 11.7. The lowest BCUT2D eigenvalue weighted by atomic mass is 10.2. The molecule has 0 fully saturated rings. The average Bonchev–Trinajstić information content (AvgIpc) is 2.84. The van der Waals surface area contributed by atoms with Crippen LogP contribution in [0.3, 0.4) is 0 Å². The Balaban J connectivity index is 2.40. The molecule has 1 heterocycles. The highest BCUT2D eigenvalue weighted by Gasteiger charge is 2.13. The maximum atomic E-state index is 11.7. The maximum Gasteiger partial charge on any atom is 0.337 e. The molecule has 0 aliphatic heterocycles. The van der Waals surface area contributed by atoms with E-state index in [1.54, 1.807) is 6.07 Å². The molecule has 0 amide bonds. The molecule has 114 valence electrons. The number of rotatable bonds is 7. The standard InChI is InChI=1S/C16H23N3O2/c1-3-10-19-14-11-12(16(20)21-2)7-8-13(14)18-15(19)6-4-5-9-17/h7-8,11H,3-6,9-10,17H2,1-2H3. The molecule has 0 aliphatic rings. The van der Waals surface area contributed by atoms with Crippen molar-refractivity contribution in [2.24, 2.45) is 5.73 Å². The second kappa shape index (κ2) is 7.22. The molecule has 2 N–H and O–H groups in total. The number of carbonyl (C=O) groups excluding carboxylic acids is 1. The number of hydrogen-bond acceptors (Lipinski definition) is 4. The van der Waals surface area contributed by atoms with Gasteiger partial charge in [-0.2, -0.15) is 0 Å². The van der Waals surface area contributed by atoms with Gasteiger partial charge in [-0.1, -0.05) is 6.92 Å². The largest absolute Gasteiger partial charge is 0.465 e. The summed E-state index contributed by atoms with van der Waals surface area (Å²) in [6.45, 7) is 3.75. The van der Waals surface area contributed by atoms with Gasteiger partial charge in [-0.3, -0.25) is 0 Å². The number of unbranched alkanes of at least 4 members (excludes halogenated alkanes) is 1. The molecule has 1 aromatic carbocycles. The number of aromatic nitrogens is 2. The van der Waals surface area contributed by atoms with Crippen LogP contribution in [0.4, 0.5) is 0 Å². The van der Waals surface area contributed by atoms with Crippen LogP contribution >= 0.6 is 0 Å². The number of methoxy groups -OCH3 is 1. The van der Waals surface area contributed by atoms with E-state index in [1.165, 1.54) is 7.11 Å². The normalized spacial score (nSPS) is 11.0. The van der Waals surface area contributed by atoms with Crippen molar-refractivity contribution in [1.29, 1.82) is 0 Å². The lowest BCUT2D eigenvalue weighted by molar-refractivity contribution is 0.0601. The fourth-order valence-corrected chi connectivity index (χ4v) is 2.51. The minimum atomic E-state index is -0.314. The first-order valence-electron chi connectivity index (χ1n) is 7.48. The summed E-state index contributed by atoms with van der Waals surface area (Å²) in [7, 11) is 1.40. The third-order valence-corrected chi connectivity index (χ3v) is 3.55. The minimum Gasteiger partial charge on any atom is -0.465 e. The molecular weight excluding hydrogens is 266 g/mol. The molecule has 5 heteroatoms. The van der Waals surface area contributed by atoms with E-state index in [4.69, 9.17) is 15.5 Å². The third-order valence-electron chi connectivity index (χ3n) is 3.55. The van der Waals surface area contributed by atoms with Crippen molar-refractivity contribution in [3.05, 3.63) is 29.6 Å². The van der Waals surface area contributed by atoms with E-state index >= 15 is 0 Å². The van der Waals surface area contributed by atoms with Gasteiger partial charge >= 0.3 is 5.97 Å². The molecule has 0 saturated carbocycles. The van der Waals surface area contributed by atoms with Crippen LogP contribution in [0.5, 0.6) is 0 Å². The Morgan fingerprint density at radius 3 is 2.86 bits per heavy atom. The number of hydrogen-bond donors (Lipinski definition) is 1. The van der Waals surface area contributed by atoms with Gasteiger partial charge in [0.05, 0.1) is 23.7 Å². The Bertz CT molecular complexity index is 619. The highest BCUT2D eigenvalue weighted by Crippen LogP contribution is 2.20. The summed E-state index contributed by atoms with van der Waals surface area (Å²) < 4.78 is 7.00. The second-order valence-electron chi connectivity index (χ2n) is 5.12. The minimum absolute atomic E-state index is 0.314. The van der Waals surface area contributed by atoms with E-state index in [0.717, 1.165) is 49.1 Å². The summed E-state index contributed by atoms with van der Waals surface area (Å²) in [5.41, 5.74) is 8.05. The number of fused-ring (bicyclic) bond motifs is 1. The predicted octanol–water partition coefficient (Wildman–Crippen LogP) is 2.51. The number of nitrogens with two attached hydrogens (primary N) is 1. The van der Waals surface area contributed by atoms with Gasteiger partial charge < -0.3 is 15.0 Å². The van der Waals surface area contributed by atoms with E-state index in [1.807, 2.05) is 12.1 Å². The lowest BCUT2D eigenvalue weighted by Gasteiger charge is -2.08. The van der Waals surface area contributed by atoms with E-state index in [2.05, 4.69) is 11.5 Å². The zero-order valence-corrected chi connectivity index (χ0v) is 12.8. The molecular formula is C16H23N3O2. The molecule has 0 unspecified atom stereocenters. The third kappa shape index (κ3) is 3.42. The van der Waals surface area contributed by atoms with E-state index in [-0.39, 0.29) is 5.97 Å². The van der Waals surface area contributed by atoms with E-state index in [9.17, 15) is 4.79 Å². The van der Waals surface area contributed by atoms with Gasteiger partial charge in [0.15, 0.2) is 0 Å². The van der Waals surface area contributed by atoms with Gasteiger partial charge in [0, 0.05) is 13.0 Å². The zero-order valence-electron chi connectivity index (χ0n) is 12.8. The van der Waals surface area contributed by atoms with Crippen LogP contribution in [0, 0.1) is 0 Å². The van der Waals surface area contributed by atoms with Gasteiger partial charge in [0.25, 0.3) is 0 Å². The van der Waals surface area contributed by atoms with Crippen molar-refractivity contribution in [1.82, 2.24) is 9.55 Å². The van der Waals surface area contributed by atoms with Gasteiger partial charge in [-0.15, -0.1) is 0 Å². The number of esters is 1. The molecule has 0 atom stereocenters. The summed E-state index contributed by atoms with van der Waals surface area (Å²) in [6, 6.07) is 5.53. The molecule has 0 spiro atoms. The van der Waals surface area contributed by atoms with E-state index < -0.39 is 0 Å². The van der Waals surface area contributed by atoms with Crippen LogP contribution in [0.15, 0.2) is 18.2 Å². The van der Waals surface area contributed by atoms with Crippen LogP contribution < -0.4 is 5.73 Å². The first-order chi connectivity index (χ1) is 10.2. The SMILES string of the molecule is CCCn1c(CCCCN)nc2ccc(C(=O)OC)cc21. The number of imidazole rings is 1. The molecule has 5 nitrogen and oxygen atoms in total.